The van der Waals surface area contributed by atoms with E-state index in [4.69, 9.17) is 17.3 Å². The van der Waals surface area contributed by atoms with Gasteiger partial charge in [-0.1, -0.05) is 25.4 Å². The molecule has 4 nitrogen and oxygen atoms in total. The molecular weight excluding hydrogens is 272 g/mol. The first-order valence-corrected chi connectivity index (χ1v) is 6.68. The van der Waals surface area contributed by atoms with Gasteiger partial charge in [-0.25, -0.2) is 4.79 Å². The van der Waals surface area contributed by atoms with Crippen molar-refractivity contribution in [2.24, 2.45) is 11.7 Å². The molecule has 0 saturated heterocycles. The fourth-order valence-corrected chi connectivity index (χ4v) is 2.50. The highest BCUT2D eigenvalue weighted by molar-refractivity contribution is 8.00. The van der Waals surface area contributed by atoms with Gasteiger partial charge >= 0.3 is 6.03 Å². The van der Waals surface area contributed by atoms with Crippen LogP contribution in [0.1, 0.15) is 13.8 Å². The Morgan fingerprint density at radius 1 is 1.28 bits per heavy atom. The molecule has 0 aromatic heterocycles. The van der Waals surface area contributed by atoms with E-state index >= 15 is 0 Å². The number of hydrogen-bond acceptors (Lipinski definition) is 3. The Morgan fingerprint density at radius 3 is 2.28 bits per heavy atom. The van der Waals surface area contributed by atoms with Crippen LogP contribution in [0.2, 0.25) is 5.02 Å². The summed E-state index contributed by atoms with van der Waals surface area (Å²) < 4.78 is 0. The van der Waals surface area contributed by atoms with Crippen LogP contribution < -0.4 is 11.1 Å². The third kappa shape index (κ3) is 4.58. The van der Waals surface area contributed by atoms with Crippen molar-refractivity contribution in [3.05, 3.63) is 29.3 Å². The van der Waals surface area contributed by atoms with E-state index in [1.807, 2.05) is 26.0 Å². The molecule has 0 aliphatic carbocycles. The standard InChI is InChI=1S/C12H15ClN2O2S/c1-7(2)10(11(16)15-12(14)17)18-9-5-3-8(13)4-6-9/h3-7,10H,1-2H3,(H3,14,15,16,17)/t10-/m0/s1. The second-order valence-corrected chi connectivity index (χ2v) is 5.74. The van der Waals surface area contributed by atoms with E-state index in [0.717, 1.165) is 4.90 Å². The first kappa shape index (κ1) is 14.9. The fourth-order valence-electron chi connectivity index (χ4n) is 1.34. The monoisotopic (exact) mass is 286 g/mol. The van der Waals surface area contributed by atoms with Gasteiger partial charge in [0.05, 0.1) is 5.25 Å². The summed E-state index contributed by atoms with van der Waals surface area (Å²) in [5.74, 6) is -0.303. The summed E-state index contributed by atoms with van der Waals surface area (Å²) in [6.45, 7) is 3.82. The quantitative estimate of drug-likeness (QED) is 0.836. The number of imide groups is 1. The molecule has 1 atom stereocenters. The van der Waals surface area contributed by atoms with Gasteiger partial charge in [-0.15, -0.1) is 11.8 Å². The molecule has 0 saturated carbocycles. The van der Waals surface area contributed by atoms with Gasteiger partial charge in [0.2, 0.25) is 5.91 Å². The number of urea groups is 1. The molecule has 0 unspecified atom stereocenters. The number of thioether (sulfide) groups is 1. The Labute approximate surface area is 115 Å². The molecule has 0 heterocycles. The molecule has 3 amide bonds. The zero-order valence-electron chi connectivity index (χ0n) is 10.1. The minimum Gasteiger partial charge on any atom is -0.351 e. The Bertz CT molecular complexity index is 434. The highest BCUT2D eigenvalue weighted by atomic mass is 35.5. The zero-order chi connectivity index (χ0) is 13.7. The van der Waals surface area contributed by atoms with Gasteiger partial charge in [-0.3, -0.25) is 10.1 Å². The second kappa shape index (κ2) is 6.66. The Balaban J connectivity index is 2.77. The number of carbonyl (C=O) groups is 2. The summed E-state index contributed by atoms with van der Waals surface area (Å²) in [4.78, 5) is 23.4. The minimum absolute atomic E-state index is 0.0741. The lowest BCUT2D eigenvalue weighted by molar-refractivity contribution is -0.120. The number of nitrogens with one attached hydrogen (secondary N) is 1. The maximum Gasteiger partial charge on any atom is 0.318 e. The van der Waals surface area contributed by atoms with Crippen molar-refractivity contribution in [1.29, 1.82) is 0 Å². The molecule has 0 bridgehead atoms. The van der Waals surface area contributed by atoms with E-state index in [0.29, 0.717) is 5.02 Å². The third-order valence-corrected chi connectivity index (χ3v) is 4.00. The highest BCUT2D eigenvalue weighted by Gasteiger charge is 2.24. The first-order valence-electron chi connectivity index (χ1n) is 5.42. The smallest absolute Gasteiger partial charge is 0.318 e. The van der Waals surface area contributed by atoms with Crippen molar-refractivity contribution in [1.82, 2.24) is 5.32 Å². The van der Waals surface area contributed by atoms with Gasteiger partial charge in [0.25, 0.3) is 0 Å². The van der Waals surface area contributed by atoms with Crippen LogP contribution in [0.25, 0.3) is 0 Å². The summed E-state index contributed by atoms with van der Waals surface area (Å²) in [5, 5.41) is 2.37. The summed E-state index contributed by atoms with van der Waals surface area (Å²) in [6.07, 6.45) is 0. The van der Waals surface area contributed by atoms with Gasteiger partial charge in [0.15, 0.2) is 0 Å². The number of amides is 3. The number of hydrogen-bond donors (Lipinski definition) is 2. The average Bonchev–Trinajstić information content (AvgIpc) is 2.26. The average molecular weight is 287 g/mol. The van der Waals surface area contributed by atoms with Gasteiger partial charge in [-0.2, -0.15) is 0 Å². The minimum atomic E-state index is -0.831. The number of nitrogens with two attached hydrogens (primary N) is 1. The lowest BCUT2D eigenvalue weighted by Crippen LogP contribution is -2.42. The first-order chi connectivity index (χ1) is 8.40. The maximum absolute atomic E-state index is 11.8. The number of halogens is 1. The molecule has 18 heavy (non-hydrogen) atoms. The molecule has 0 aliphatic rings. The predicted molar refractivity (Wildman–Crippen MR) is 73.7 cm³/mol. The van der Waals surface area contributed by atoms with E-state index in [1.54, 1.807) is 12.1 Å². The molecule has 3 N–H and O–H groups in total. The molecule has 1 aromatic carbocycles. The normalized spacial score (nSPS) is 12.2. The van der Waals surface area contributed by atoms with Crippen molar-refractivity contribution in [3.63, 3.8) is 0 Å². The Hall–Kier alpha value is -1.20. The number of carbonyl (C=O) groups excluding carboxylic acids is 2. The van der Waals surface area contributed by atoms with E-state index in [-0.39, 0.29) is 17.1 Å². The number of primary amides is 1. The molecular formula is C12H15ClN2O2S. The van der Waals surface area contributed by atoms with Crippen LogP contribution in [0.4, 0.5) is 4.79 Å². The van der Waals surface area contributed by atoms with Crippen LogP contribution in [0.3, 0.4) is 0 Å². The molecule has 98 valence electrons. The molecule has 1 aromatic rings. The zero-order valence-corrected chi connectivity index (χ0v) is 11.7. The van der Waals surface area contributed by atoms with Gasteiger partial charge < -0.3 is 5.73 Å². The topological polar surface area (TPSA) is 72.2 Å². The van der Waals surface area contributed by atoms with Gasteiger partial charge in [-0.05, 0) is 30.2 Å². The lowest BCUT2D eigenvalue weighted by atomic mass is 10.1. The van der Waals surface area contributed by atoms with E-state index in [2.05, 4.69) is 5.32 Å². The highest BCUT2D eigenvalue weighted by Crippen LogP contribution is 2.29. The van der Waals surface area contributed by atoms with Crippen LogP contribution >= 0.6 is 23.4 Å². The molecule has 0 spiro atoms. The van der Waals surface area contributed by atoms with Crippen molar-refractivity contribution in [2.75, 3.05) is 0 Å². The Kier molecular flexibility index (Phi) is 5.50. The SMILES string of the molecule is CC(C)[C@H](Sc1ccc(Cl)cc1)C(=O)NC(N)=O. The molecule has 6 heteroatoms. The van der Waals surface area contributed by atoms with Crippen molar-refractivity contribution >= 4 is 35.3 Å². The number of rotatable bonds is 4. The van der Waals surface area contributed by atoms with Crippen molar-refractivity contribution < 1.29 is 9.59 Å². The van der Waals surface area contributed by atoms with Crippen molar-refractivity contribution in [3.8, 4) is 0 Å². The Morgan fingerprint density at radius 2 is 1.83 bits per heavy atom. The molecule has 0 radical (unpaired) electrons. The van der Waals surface area contributed by atoms with Crippen LogP contribution in [-0.4, -0.2) is 17.2 Å². The van der Waals surface area contributed by atoms with E-state index in [1.165, 1.54) is 11.8 Å². The molecule has 0 aliphatic heterocycles. The van der Waals surface area contributed by atoms with Gasteiger partial charge in [0.1, 0.15) is 0 Å². The van der Waals surface area contributed by atoms with Crippen LogP contribution in [0.5, 0.6) is 0 Å². The van der Waals surface area contributed by atoms with Crippen LogP contribution in [-0.2, 0) is 4.79 Å². The predicted octanol–water partition coefficient (Wildman–Crippen LogP) is 2.65. The van der Waals surface area contributed by atoms with Crippen LogP contribution in [0, 0.1) is 5.92 Å². The largest absolute Gasteiger partial charge is 0.351 e. The van der Waals surface area contributed by atoms with E-state index < -0.39 is 6.03 Å². The lowest BCUT2D eigenvalue weighted by Gasteiger charge is -2.18. The summed E-state index contributed by atoms with van der Waals surface area (Å²) in [5.41, 5.74) is 4.95. The van der Waals surface area contributed by atoms with Crippen molar-refractivity contribution in [2.45, 2.75) is 24.0 Å². The fraction of sp³-hybridized carbons (Fsp3) is 0.333. The maximum atomic E-state index is 11.8. The molecule has 1 rings (SSSR count). The summed E-state index contributed by atoms with van der Waals surface area (Å²) in [7, 11) is 0. The molecule has 0 fully saturated rings. The van der Waals surface area contributed by atoms with E-state index in [9.17, 15) is 9.59 Å². The number of benzene rings is 1. The summed E-state index contributed by atoms with van der Waals surface area (Å²) >= 11 is 7.17. The third-order valence-electron chi connectivity index (χ3n) is 2.19. The second-order valence-electron chi connectivity index (χ2n) is 4.09. The summed E-state index contributed by atoms with van der Waals surface area (Å²) in [6, 6.07) is 6.35. The van der Waals surface area contributed by atoms with Crippen LogP contribution in [0.15, 0.2) is 29.2 Å². The van der Waals surface area contributed by atoms with Gasteiger partial charge in [0, 0.05) is 9.92 Å².